The van der Waals surface area contributed by atoms with E-state index in [-0.39, 0.29) is 11.5 Å². The third-order valence-corrected chi connectivity index (χ3v) is 4.97. The standard InChI is InChI=1S/C19H20N2O5S/c1-21-14(13-6-5-12(22)9-15(13)23)10-27-19(21)20-11-7-16(24-2)18(26-4)17(8-11)25-3/h5-10,22-23H,1-4H3. The van der Waals surface area contributed by atoms with E-state index in [2.05, 4.69) is 4.99 Å². The van der Waals surface area contributed by atoms with Crippen LogP contribution in [0.3, 0.4) is 0 Å². The summed E-state index contributed by atoms with van der Waals surface area (Å²) in [5.41, 5.74) is 2.03. The molecule has 0 saturated heterocycles. The molecule has 0 aliphatic carbocycles. The van der Waals surface area contributed by atoms with Crippen LogP contribution in [0.15, 0.2) is 40.7 Å². The van der Waals surface area contributed by atoms with Crippen molar-refractivity contribution in [2.75, 3.05) is 21.3 Å². The highest BCUT2D eigenvalue weighted by Gasteiger charge is 2.14. The molecule has 27 heavy (non-hydrogen) atoms. The van der Waals surface area contributed by atoms with Crippen molar-refractivity contribution in [1.82, 2.24) is 4.57 Å². The summed E-state index contributed by atoms with van der Waals surface area (Å²) in [7, 11) is 6.51. The molecule has 0 fully saturated rings. The number of phenolic OH excluding ortho intramolecular Hbond substituents is 2. The van der Waals surface area contributed by atoms with Gasteiger partial charge < -0.3 is 29.0 Å². The number of aromatic hydroxyl groups is 2. The lowest BCUT2D eigenvalue weighted by molar-refractivity contribution is 0.324. The Morgan fingerprint density at radius 2 is 1.63 bits per heavy atom. The van der Waals surface area contributed by atoms with Crippen molar-refractivity contribution < 1.29 is 24.4 Å². The summed E-state index contributed by atoms with van der Waals surface area (Å²) >= 11 is 1.43. The van der Waals surface area contributed by atoms with Crippen LogP contribution in [0.2, 0.25) is 0 Å². The number of thiazole rings is 1. The van der Waals surface area contributed by atoms with Gasteiger partial charge in [0.25, 0.3) is 0 Å². The zero-order chi connectivity index (χ0) is 19.6. The van der Waals surface area contributed by atoms with Crippen molar-refractivity contribution in [2.45, 2.75) is 0 Å². The topological polar surface area (TPSA) is 85.4 Å². The first kappa shape index (κ1) is 18.7. The van der Waals surface area contributed by atoms with Gasteiger partial charge in [-0.3, -0.25) is 0 Å². The molecule has 0 unspecified atom stereocenters. The fraction of sp³-hybridized carbons (Fsp3) is 0.211. The maximum atomic E-state index is 10.1. The van der Waals surface area contributed by atoms with E-state index in [1.165, 1.54) is 23.5 Å². The van der Waals surface area contributed by atoms with E-state index in [1.54, 1.807) is 39.5 Å². The zero-order valence-electron chi connectivity index (χ0n) is 15.4. The van der Waals surface area contributed by atoms with Crippen LogP contribution in [0.1, 0.15) is 0 Å². The third kappa shape index (κ3) is 3.56. The molecule has 0 aliphatic heterocycles. The Morgan fingerprint density at radius 3 is 2.19 bits per heavy atom. The highest BCUT2D eigenvalue weighted by molar-refractivity contribution is 7.07. The first-order valence-corrected chi connectivity index (χ1v) is 8.88. The molecule has 7 nitrogen and oxygen atoms in total. The minimum atomic E-state index is 0.00253. The SMILES string of the molecule is COc1cc(N=c2scc(-c3ccc(O)cc3O)n2C)cc(OC)c1OC. The van der Waals surface area contributed by atoms with Gasteiger partial charge in [-0.25, -0.2) is 4.99 Å². The molecule has 142 valence electrons. The summed E-state index contributed by atoms with van der Waals surface area (Å²) in [6.45, 7) is 0. The molecule has 2 N–H and O–H groups in total. The highest BCUT2D eigenvalue weighted by atomic mass is 32.1. The van der Waals surface area contributed by atoms with Gasteiger partial charge in [0.1, 0.15) is 11.5 Å². The molecule has 0 bridgehead atoms. The van der Waals surface area contributed by atoms with Crippen LogP contribution in [0.5, 0.6) is 28.7 Å². The van der Waals surface area contributed by atoms with Crippen molar-refractivity contribution >= 4 is 17.0 Å². The van der Waals surface area contributed by atoms with Gasteiger partial charge >= 0.3 is 0 Å². The lowest BCUT2D eigenvalue weighted by atomic mass is 10.1. The van der Waals surface area contributed by atoms with Gasteiger partial charge in [-0.2, -0.15) is 0 Å². The van der Waals surface area contributed by atoms with Gasteiger partial charge in [-0.05, 0) is 12.1 Å². The summed E-state index contributed by atoms with van der Waals surface area (Å²) in [5, 5.41) is 21.5. The Morgan fingerprint density at radius 1 is 0.963 bits per heavy atom. The van der Waals surface area contributed by atoms with Gasteiger partial charge in [-0.15, -0.1) is 11.3 Å². The molecule has 1 heterocycles. The van der Waals surface area contributed by atoms with Crippen LogP contribution in [-0.2, 0) is 7.05 Å². The minimum Gasteiger partial charge on any atom is -0.508 e. The van der Waals surface area contributed by atoms with Gasteiger partial charge in [0.05, 0.1) is 32.7 Å². The smallest absolute Gasteiger partial charge is 0.203 e. The van der Waals surface area contributed by atoms with E-state index < -0.39 is 0 Å². The van der Waals surface area contributed by atoms with E-state index >= 15 is 0 Å². The summed E-state index contributed by atoms with van der Waals surface area (Å²) in [5.74, 6) is 1.56. The van der Waals surface area contributed by atoms with Gasteiger partial charge in [0.2, 0.25) is 5.75 Å². The van der Waals surface area contributed by atoms with Crippen LogP contribution < -0.4 is 19.0 Å². The fourth-order valence-corrected chi connectivity index (χ4v) is 3.61. The molecule has 3 aromatic rings. The first-order valence-electron chi connectivity index (χ1n) is 8.00. The molecular weight excluding hydrogens is 368 g/mol. The van der Waals surface area contributed by atoms with Gasteiger partial charge in [0, 0.05) is 36.2 Å². The maximum absolute atomic E-state index is 10.1. The molecule has 0 atom stereocenters. The van der Waals surface area contributed by atoms with E-state index in [4.69, 9.17) is 14.2 Å². The lowest BCUT2D eigenvalue weighted by Crippen LogP contribution is -2.11. The molecule has 0 aliphatic rings. The van der Waals surface area contributed by atoms with E-state index in [1.807, 2.05) is 17.0 Å². The second kappa shape index (κ2) is 7.63. The second-order valence-electron chi connectivity index (χ2n) is 5.66. The maximum Gasteiger partial charge on any atom is 0.203 e. The molecule has 0 radical (unpaired) electrons. The summed E-state index contributed by atoms with van der Waals surface area (Å²) < 4.78 is 17.9. The number of rotatable bonds is 5. The van der Waals surface area contributed by atoms with Gasteiger partial charge in [0.15, 0.2) is 16.3 Å². The largest absolute Gasteiger partial charge is 0.508 e. The number of ether oxygens (including phenoxy) is 3. The van der Waals surface area contributed by atoms with Crippen LogP contribution in [0.4, 0.5) is 5.69 Å². The molecule has 8 heteroatoms. The molecule has 1 aromatic heterocycles. The number of methoxy groups -OCH3 is 3. The molecular formula is C19H20N2O5S. The molecule has 3 rings (SSSR count). The zero-order valence-corrected chi connectivity index (χ0v) is 16.2. The monoisotopic (exact) mass is 388 g/mol. The highest BCUT2D eigenvalue weighted by Crippen LogP contribution is 2.40. The van der Waals surface area contributed by atoms with E-state index in [0.29, 0.717) is 33.3 Å². The van der Waals surface area contributed by atoms with Crippen molar-refractivity contribution in [1.29, 1.82) is 0 Å². The molecule has 0 spiro atoms. The summed E-state index contributed by atoms with van der Waals surface area (Å²) in [6, 6.07) is 8.03. The van der Waals surface area contributed by atoms with Crippen molar-refractivity contribution in [3.63, 3.8) is 0 Å². The Bertz CT molecular complexity index is 1010. The van der Waals surface area contributed by atoms with E-state index in [9.17, 15) is 10.2 Å². The van der Waals surface area contributed by atoms with Crippen LogP contribution in [-0.4, -0.2) is 36.1 Å². The molecule has 0 saturated carbocycles. The van der Waals surface area contributed by atoms with E-state index in [0.717, 1.165) is 5.69 Å². The summed E-state index contributed by atoms with van der Waals surface area (Å²) in [6.07, 6.45) is 0. The Balaban J connectivity index is 2.10. The fourth-order valence-electron chi connectivity index (χ4n) is 2.69. The molecule has 2 aromatic carbocycles. The number of phenols is 2. The second-order valence-corrected chi connectivity index (χ2v) is 6.50. The Labute approximate surface area is 160 Å². The average molecular weight is 388 g/mol. The lowest BCUT2D eigenvalue weighted by Gasteiger charge is -2.12. The average Bonchev–Trinajstić information content (AvgIpc) is 3.01. The predicted molar refractivity (Wildman–Crippen MR) is 103 cm³/mol. The minimum absolute atomic E-state index is 0.00253. The molecule has 0 amide bonds. The van der Waals surface area contributed by atoms with Crippen LogP contribution >= 0.6 is 11.3 Å². The van der Waals surface area contributed by atoms with Gasteiger partial charge in [-0.1, -0.05) is 0 Å². The normalized spacial score (nSPS) is 11.5. The number of hydrogen-bond acceptors (Lipinski definition) is 7. The van der Waals surface area contributed by atoms with Crippen LogP contribution in [0, 0.1) is 0 Å². The van der Waals surface area contributed by atoms with Crippen molar-refractivity contribution in [3.05, 3.63) is 40.5 Å². The Hall–Kier alpha value is -3.13. The Kier molecular flexibility index (Phi) is 5.27. The van der Waals surface area contributed by atoms with Crippen molar-refractivity contribution in [3.8, 4) is 40.0 Å². The number of hydrogen-bond donors (Lipinski definition) is 2. The quantitative estimate of drug-likeness (QED) is 0.700. The number of benzene rings is 2. The number of aromatic nitrogens is 1. The number of nitrogens with zero attached hydrogens (tertiary/aromatic N) is 2. The predicted octanol–water partition coefficient (Wildman–Crippen LogP) is 3.42. The third-order valence-electron chi connectivity index (χ3n) is 4.06. The first-order chi connectivity index (χ1) is 13.0. The summed E-state index contributed by atoms with van der Waals surface area (Å²) in [4.78, 5) is 5.38. The van der Waals surface area contributed by atoms with Crippen molar-refractivity contribution in [2.24, 2.45) is 12.0 Å². The van der Waals surface area contributed by atoms with Crippen LogP contribution in [0.25, 0.3) is 11.3 Å².